The van der Waals surface area contributed by atoms with Crippen LogP contribution < -0.4 is 10.6 Å². The molecule has 0 spiro atoms. The van der Waals surface area contributed by atoms with E-state index < -0.39 is 24.7 Å². The molecule has 0 aliphatic carbocycles. The number of alkyl carbamates (subject to hydrolysis) is 1. The summed E-state index contributed by atoms with van der Waals surface area (Å²) in [5.74, 6) is -2.96. The minimum Gasteiger partial charge on any atom is -0.438 e. The first-order valence-electron chi connectivity index (χ1n) is 4.47. The van der Waals surface area contributed by atoms with Crippen LogP contribution in [-0.2, 0) is 4.74 Å². The fraction of sp³-hybridized carbons (Fsp3) is 0.875. The summed E-state index contributed by atoms with van der Waals surface area (Å²) < 4.78 is 30.5. The minimum atomic E-state index is -2.96. The van der Waals surface area contributed by atoms with E-state index in [9.17, 15) is 13.6 Å². The van der Waals surface area contributed by atoms with E-state index in [0.717, 1.165) is 0 Å². The Bertz CT molecular complexity index is 221. The first kappa shape index (κ1) is 11.2. The number of nitrogens with one attached hydrogen (secondary N) is 2. The van der Waals surface area contributed by atoms with Gasteiger partial charge in [0.15, 0.2) is 6.10 Å². The number of carbonyl (C=O) groups is 1. The zero-order chi connectivity index (χ0) is 10.8. The molecule has 1 fully saturated rings. The summed E-state index contributed by atoms with van der Waals surface area (Å²) in [5, 5.41) is 4.85. The van der Waals surface area contributed by atoms with Gasteiger partial charge in [-0.1, -0.05) is 0 Å². The summed E-state index contributed by atoms with van der Waals surface area (Å²) >= 11 is 0. The third kappa shape index (κ3) is 2.80. The van der Waals surface area contributed by atoms with Crippen LogP contribution in [0.25, 0.3) is 0 Å². The second kappa shape index (κ2) is 4.08. The summed E-state index contributed by atoms with van der Waals surface area (Å²) in [6.45, 7) is 3.02. The Labute approximate surface area is 81.0 Å². The maximum absolute atomic E-state index is 12.9. The molecule has 1 unspecified atom stereocenters. The molecule has 2 N–H and O–H groups in total. The van der Waals surface area contributed by atoms with Crippen molar-refractivity contribution < 1.29 is 18.3 Å². The molecule has 0 bridgehead atoms. The van der Waals surface area contributed by atoms with Crippen molar-refractivity contribution in [2.75, 3.05) is 13.1 Å². The molecule has 0 radical (unpaired) electrons. The monoisotopic (exact) mass is 208 g/mol. The van der Waals surface area contributed by atoms with Gasteiger partial charge in [-0.15, -0.1) is 0 Å². The number of rotatable bonds is 2. The van der Waals surface area contributed by atoms with Crippen LogP contribution in [-0.4, -0.2) is 37.3 Å². The summed E-state index contributed by atoms with van der Waals surface area (Å²) in [6.07, 6.45) is -2.16. The van der Waals surface area contributed by atoms with Crippen LogP contribution >= 0.6 is 0 Å². The molecular weight excluding hydrogens is 194 g/mol. The second-order valence-electron chi connectivity index (χ2n) is 3.58. The SMILES string of the molecule is CC(C)NC(=O)OC1CNCC1(F)F. The van der Waals surface area contributed by atoms with E-state index in [-0.39, 0.29) is 12.6 Å². The summed E-state index contributed by atoms with van der Waals surface area (Å²) in [4.78, 5) is 11.0. The van der Waals surface area contributed by atoms with Crippen LogP contribution in [0.4, 0.5) is 13.6 Å². The predicted octanol–water partition coefficient (Wildman–Crippen LogP) is 0.728. The molecule has 14 heavy (non-hydrogen) atoms. The smallest absolute Gasteiger partial charge is 0.407 e. The maximum Gasteiger partial charge on any atom is 0.407 e. The fourth-order valence-electron chi connectivity index (χ4n) is 1.16. The predicted molar refractivity (Wildman–Crippen MR) is 46.4 cm³/mol. The lowest BCUT2D eigenvalue weighted by atomic mass is 10.2. The number of carbonyl (C=O) groups excluding carboxylic acids is 1. The molecule has 1 aliphatic heterocycles. The molecule has 0 aromatic carbocycles. The molecule has 0 saturated carbocycles. The van der Waals surface area contributed by atoms with Gasteiger partial charge in [-0.2, -0.15) is 0 Å². The van der Waals surface area contributed by atoms with Gasteiger partial charge in [0.05, 0.1) is 6.54 Å². The van der Waals surface area contributed by atoms with Crippen molar-refractivity contribution in [3.05, 3.63) is 0 Å². The van der Waals surface area contributed by atoms with Crippen molar-refractivity contribution in [1.82, 2.24) is 10.6 Å². The normalized spacial score (nSPS) is 25.1. The number of ether oxygens (including phenoxy) is 1. The van der Waals surface area contributed by atoms with Crippen molar-refractivity contribution in [2.45, 2.75) is 31.9 Å². The van der Waals surface area contributed by atoms with E-state index in [2.05, 4.69) is 15.4 Å². The van der Waals surface area contributed by atoms with Crippen molar-refractivity contribution in [2.24, 2.45) is 0 Å². The number of amides is 1. The van der Waals surface area contributed by atoms with Gasteiger partial charge in [0, 0.05) is 12.6 Å². The molecule has 1 aliphatic rings. The highest BCUT2D eigenvalue weighted by Crippen LogP contribution is 2.24. The molecule has 82 valence electrons. The Morgan fingerprint density at radius 1 is 1.64 bits per heavy atom. The summed E-state index contributed by atoms with van der Waals surface area (Å²) in [5.41, 5.74) is 0. The Hall–Kier alpha value is -0.910. The van der Waals surface area contributed by atoms with Gasteiger partial charge in [-0.3, -0.25) is 0 Å². The van der Waals surface area contributed by atoms with Gasteiger partial charge < -0.3 is 15.4 Å². The van der Waals surface area contributed by atoms with Crippen molar-refractivity contribution in [3.63, 3.8) is 0 Å². The quantitative estimate of drug-likeness (QED) is 0.703. The van der Waals surface area contributed by atoms with E-state index >= 15 is 0 Å². The van der Waals surface area contributed by atoms with Crippen LogP contribution in [0.15, 0.2) is 0 Å². The lowest BCUT2D eigenvalue weighted by molar-refractivity contribution is -0.0767. The lowest BCUT2D eigenvalue weighted by Gasteiger charge is -2.19. The van der Waals surface area contributed by atoms with Crippen LogP contribution in [0, 0.1) is 0 Å². The lowest BCUT2D eigenvalue weighted by Crippen LogP contribution is -2.40. The Morgan fingerprint density at radius 2 is 2.29 bits per heavy atom. The highest BCUT2D eigenvalue weighted by Gasteiger charge is 2.46. The Morgan fingerprint density at radius 3 is 2.71 bits per heavy atom. The largest absolute Gasteiger partial charge is 0.438 e. The third-order valence-electron chi connectivity index (χ3n) is 1.82. The Balaban J connectivity index is 2.40. The van der Waals surface area contributed by atoms with E-state index in [1.807, 2.05) is 0 Å². The molecular formula is C8H14F2N2O2. The van der Waals surface area contributed by atoms with Crippen molar-refractivity contribution in [1.29, 1.82) is 0 Å². The molecule has 1 saturated heterocycles. The summed E-state index contributed by atoms with van der Waals surface area (Å²) in [7, 11) is 0. The highest BCUT2D eigenvalue weighted by molar-refractivity contribution is 5.67. The number of hydrogen-bond acceptors (Lipinski definition) is 3. The molecule has 1 heterocycles. The van der Waals surface area contributed by atoms with Gasteiger partial charge in [-0.05, 0) is 13.8 Å². The molecule has 1 amide bonds. The number of halogens is 2. The van der Waals surface area contributed by atoms with Crippen molar-refractivity contribution in [3.8, 4) is 0 Å². The minimum absolute atomic E-state index is 0.00147. The van der Waals surface area contributed by atoms with Crippen molar-refractivity contribution >= 4 is 6.09 Å². The molecule has 1 rings (SSSR count). The Kier molecular flexibility index (Phi) is 3.25. The van der Waals surface area contributed by atoms with E-state index in [0.29, 0.717) is 0 Å². The van der Waals surface area contributed by atoms with Gasteiger partial charge >= 0.3 is 6.09 Å². The van der Waals surface area contributed by atoms with E-state index in [1.165, 1.54) is 0 Å². The van der Waals surface area contributed by atoms with Crippen LogP contribution in [0.2, 0.25) is 0 Å². The topological polar surface area (TPSA) is 50.4 Å². The van der Waals surface area contributed by atoms with Gasteiger partial charge in [0.1, 0.15) is 0 Å². The molecule has 4 nitrogen and oxygen atoms in total. The standard InChI is InChI=1S/C8H14F2N2O2/c1-5(2)12-7(13)14-6-3-11-4-8(6,9)10/h5-6,11H,3-4H2,1-2H3,(H,12,13). The molecule has 0 aromatic heterocycles. The number of alkyl halides is 2. The average Bonchev–Trinajstić information content (AvgIpc) is 2.29. The second-order valence-corrected chi connectivity index (χ2v) is 3.58. The van der Waals surface area contributed by atoms with E-state index in [4.69, 9.17) is 0 Å². The number of hydrogen-bond donors (Lipinski definition) is 2. The first-order chi connectivity index (χ1) is 6.42. The maximum atomic E-state index is 12.9. The van der Waals surface area contributed by atoms with E-state index in [1.54, 1.807) is 13.8 Å². The van der Waals surface area contributed by atoms with Gasteiger partial charge in [-0.25, -0.2) is 13.6 Å². The molecule has 6 heteroatoms. The zero-order valence-electron chi connectivity index (χ0n) is 8.14. The van der Waals surface area contributed by atoms with Crippen LogP contribution in [0.3, 0.4) is 0 Å². The van der Waals surface area contributed by atoms with Crippen LogP contribution in [0.5, 0.6) is 0 Å². The first-order valence-corrected chi connectivity index (χ1v) is 4.47. The highest BCUT2D eigenvalue weighted by atomic mass is 19.3. The van der Waals surface area contributed by atoms with Gasteiger partial charge in [0.2, 0.25) is 0 Å². The van der Waals surface area contributed by atoms with Gasteiger partial charge in [0.25, 0.3) is 5.92 Å². The zero-order valence-corrected chi connectivity index (χ0v) is 8.14. The summed E-state index contributed by atoms with van der Waals surface area (Å²) in [6, 6.07) is -0.120. The average molecular weight is 208 g/mol. The molecule has 0 aromatic rings. The fourth-order valence-corrected chi connectivity index (χ4v) is 1.16. The molecule has 1 atom stereocenters. The third-order valence-corrected chi connectivity index (χ3v) is 1.82. The van der Waals surface area contributed by atoms with Crippen LogP contribution in [0.1, 0.15) is 13.8 Å².